The Morgan fingerprint density at radius 1 is 1.31 bits per heavy atom. The normalized spacial score (nSPS) is 31.6. The fraction of sp³-hybridized carbons (Fsp3) is 0.909. The lowest BCUT2D eigenvalue weighted by atomic mass is 9.67. The molecule has 90 valence electrons. The first-order chi connectivity index (χ1) is 7.42. The molecule has 1 fully saturated rings. The highest BCUT2D eigenvalue weighted by molar-refractivity contribution is 5.04. The van der Waals surface area contributed by atoms with Crippen LogP contribution in [0.3, 0.4) is 0 Å². The molecule has 0 bridgehead atoms. The number of nitrogens with zero attached hydrogens (tertiary/aromatic N) is 3. The van der Waals surface area contributed by atoms with E-state index in [1.165, 1.54) is 0 Å². The molecule has 2 rings (SSSR count). The summed E-state index contributed by atoms with van der Waals surface area (Å²) in [5, 5.41) is 14.1. The Kier molecular flexibility index (Phi) is 2.74. The topological polar surface area (TPSA) is 80.5 Å². The molecule has 1 aliphatic rings. The molecule has 16 heavy (non-hydrogen) atoms. The van der Waals surface area contributed by atoms with Gasteiger partial charge < -0.3 is 5.73 Å². The number of hydrogen-bond donors (Lipinski definition) is 2. The maximum absolute atomic E-state index is 6.35. The SMILES string of the molecule is CC(C)(C)C1CCC(N)(c2nn[nH]n2)CC1. The molecule has 1 heterocycles. The molecule has 3 N–H and O–H groups in total. The molecule has 0 spiro atoms. The van der Waals surface area contributed by atoms with Gasteiger partial charge in [0, 0.05) is 0 Å². The second kappa shape index (κ2) is 3.80. The van der Waals surface area contributed by atoms with Crippen molar-refractivity contribution in [2.45, 2.75) is 52.0 Å². The van der Waals surface area contributed by atoms with Gasteiger partial charge in [-0.25, -0.2) is 0 Å². The van der Waals surface area contributed by atoms with Crippen molar-refractivity contribution in [3.63, 3.8) is 0 Å². The molecule has 5 heteroatoms. The lowest BCUT2D eigenvalue weighted by Gasteiger charge is -2.40. The van der Waals surface area contributed by atoms with Crippen molar-refractivity contribution in [3.8, 4) is 0 Å². The van der Waals surface area contributed by atoms with E-state index in [4.69, 9.17) is 5.73 Å². The highest BCUT2D eigenvalue weighted by atomic mass is 15.5. The van der Waals surface area contributed by atoms with E-state index in [9.17, 15) is 0 Å². The summed E-state index contributed by atoms with van der Waals surface area (Å²) >= 11 is 0. The lowest BCUT2D eigenvalue weighted by molar-refractivity contribution is 0.130. The Hall–Kier alpha value is -0.970. The highest BCUT2D eigenvalue weighted by Gasteiger charge is 2.39. The highest BCUT2D eigenvalue weighted by Crippen LogP contribution is 2.43. The van der Waals surface area contributed by atoms with Crippen molar-refractivity contribution in [2.24, 2.45) is 17.1 Å². The minimum absolute atomic E-state index is 0.366. The van der Waals surface area contributed by atoms with Gasteiger partial charge >= 0.3 is 0 Å². The van der Waals surface area contributed by atoms with E-state index in [2.05, 4.69) is 41.4 Å². The second-order valence-corrected chi connectivity index (χ2v) is 6.03. The number of aromatic nitrogens is 4. The molecule has 0 atom stereocenters. The van der Waals surface area contributed by atoms with E-state index in [0.29, 0.717) is 11.2 Å². The van der Waals surface area contributed by atoms with E-state index < -0.39 is 0 Å². The smallest absolute Gasteiger partial charge is 0.194 e. The number of rotatable bonds is 1. The van der Waals surface area contributed by atoms with Crippen molar-refractivity contribution >= 4 is 0 Å². The Labute approximate surface area is 96.2 Å². The number of H-pyrrole nitrogens is 1. The summed E-state index contributed by atoms with van der Waals surface area (Å²) in [6, 6.07) is 0. The van der Waals surface area contributed by atoms with Gasteiger partial charge in [-0.15, -0.1) is 10.2 Å². The number of hydrogen-bond acceptors (Lipinski definition) is 4. The Morgan fingerprint density at radius 2 is 1.94 bits per heavy atom. The third-order valence-corrected chi connectivity index (χ3v) is 3.89. The largest absolute Gasteiger partial charge is 0.319 e. The van der Waals surface area contributed by atoms with Crippen LogP contribution in [0.25, 0.3) is 0 Å². The first-order valence-electron chi connectivity index (χ1n) is 5.95. The van der Waals surface area contributed by atoms with Crippen LogP contribution >= 0.6 is 0 Å². The van der Waals surface area contributed by atoms with Gasteiger partial charge in [-0.2, -0.15) is 5.21 Å². The van der Waals surface area contributed by atoms with Gasteiger partial charge in [0.25, 0.3) is 0 Å². The average Bonchev–Trinajstić information content (AvgIpc) is 2.70. The first-order valence-corrected chi connectivity index (χ1v) is 5.95. The molecular formula is C11H21N5. The van der Waals surface area contributed by atoms with Crippen LogP contribution in [0.4, 0.5) is 0 Å². The summed E-state index contributed by atoms with van der Waals surface area (Å²) in [7, 11) is 0. The first kappa shape index (κ1) is 11.5. The Morgan fingerprint density at radius 3 is 2.38 bits per heavy atom. The zero-order chi connectivity index (χ0) is 11.8. The predicted molar refractivity (Wildman–Crippen MR) is 61.5 cm³/mol. The molecule has 1 aliphatic carbocycles. The molecule has 0 unspecified atom stereocenters. The molecule has 0 amide bonds. The number of aromatic amines is 1. The van der Waals surface area contributed by atoms with Crippen molar-refractivity contribution in [1.29, 1.82) is 0 Å². The van der Waals surface area contributed by atoms with Crippen molar-refractivity contribution in [3.05, 3.63) is 5.82 Å². The lowest BCUT2D eigenvalue weighted by Crippen LogP contribution is -2.43. The van der Waals surface area contributed by atoms with Crippen LogP contribution in [-0.4, -0.2) is 20.6 Å². The predicted octanol–water partition coefficient (Wildman–Crippen LogP) is 1.59. The van der Waals surface area contributed by atoms with Crippen LogP contribution in [0.15, 0.2) is 0 Å². The van der Waals surface area contributed by atoms with Gasteiger partial charge in [-0.3, -0.25) is 0 Å². The molecule has 0 saturated heterocycles. The minimum Gasteiger partial charge on any atom is -0.319 e. The molecular weight excluding hydrogens is 202 g/mol. The molecule has 0 aromatic carbocycles. The molecule has 5 nitrogen and oxygen atoms in total. The summed E-state index contributed by atoms with van der Waals surface area (Å²) in [5.41, 5.74) is 6.35. The van der Waals surface area contributed by atoms with Crippen molar-refractivity contribution in [1.82, 2.24) is 20.6 Å². The van der Waals surface area contributed by atoms with Crippen LogP contribution in [0.2, 0.25) is 0 Å². The van der Waals surface area contributed by atoms with Crippen molar-refractivity contribution in [2.75, 3.05) is 0 Å². The van der Waals surface area contributed by atoms with E-state index in [1.807, 2.05) is 0 Å². The Balaban J connectivity index is 2.05. The van der Waals surface area contributed by atoms with Gasteiger partial charge in [0.05, 0.1) is 5.54 Å². The van der Waals surface area contributed by atoms with Crippen LogP contribution in [0.1, 0.15) is 52.3 Å². The molecule has 0 radical (unpaired) electrons. The third kappa shape index (κ3) is 2.09. The second-order valence-electron chi connectivity index (χ2n) is 6.03. The van der Waals surface area contributed by atoms with Gasteiger partial charge in [-0.05, 0) is 37.0 Å². The molecule has 1 aromatic rings. The van der Waals surface area contributed by atoms with Crippen molar-refractivity contribution < 1.29 is 0 Å². The average molecular weight is 223 g/mol. The monoisotopic (exact) mass is 223 g/mol. The molecule has 1 saturated carbocycles. The molecule has 1 aromatic heterocycles. The third-order valence-electron chi connectivity index (χ3n) is 3.89. The van der Waals surface area contributed by atoms with Gasteiger partial charge in [0.2, 0.25) is 0 Å². The zero-order valence-corrected chi connectivity index (χ0v) is 10.3. The number of nitrogens with one attached hydrogen (secondary N) is 1. The van der Waals surface area contributed by atoms with Crippen LogP contribution in [0.5, 0.6) is 0 Å². The maximum atomic E-state index is 6.35. The van der Waals surface area contributed by atoms with E-state index in [1.54, 1.807) is 0 Å². The maximum Gasteiger partial charge on any atom is 0.194 e. The standard InChI is InChI=1S/C11H21N5/c1-10(2,3)8-4-6-11(12,7-5-8)9-13-15-16-14-9/h8H,4-7,12H2,1-3H3,(H,13,14,15,16). The summed E-state index contributed by atoms with van der Waals surface area (Å²) in [6.45, 7) is 6.90. The fourth-order valence-corrected chi connectivity index (χ4v) is 2.60. The fourth-order valence-electron chi connectivity index (χ4n) is 2.60. The van der Waals surface area contributed by atoms with E-state index in [-0.39, 0.29) is 5.54 Å². The van der Waals surface area contributed by atoms with Gasteiger partial charge in [0.1, 0.15) is 0 Å². The van der Waals surface area contributed by atoms with Gasteiger partial charge in [0.15, 0.2) is 5.82 Å². The van der Waals surface area contributed by atoms with Crippen LogP contribution in [0, 0.1) is 11.3 Å². The summed E-state index contributed by atoms with van der Waals surface area (Å²) in [5.74, 6) is 1.41. The summed E-state index contributed by atoms with van der Waals surface area (Å²) < 4.78 is 0. The zero-order valence-electron chi connectivity index (χ0n) is 10.3. The number of nitrogens with two attached hydrogens (primary N) is 1. The van der Waals surface area contributed by atoms with Crippen LogP contribution < -0.4 is 5.73 Å². The quantitative estimate of drug-likeness (QED) is 0.757. The van der Waals surface area contributed by atoms with Gasteiger partial charge in [-0.1, -0.05) is 26.0 Å². The van der Waals surface area contributed by atoms with E-state index >= 15 is 0 Å². The van der Waals surface area contributed by atoms with Crippen LogP contribution in [-0.2, 0) is 5.54 Å². The summed E-state index contributed by atoms with van der Waals surface area (Å²) in [6.07, 6.45) is 4.20. The number of tetrazole rings is 1. The Bertz CT molecular complexity index is 330. The minimum atomic E-state index is -0.366. The van der Waals surface area contributed by atoms with E-state index in [0.717, 1.165) is 31.6 Å². The molecule has 0 aliphatic heterocycles. The summed E-state index contributed by atoms with van der Waals surface area (Å²) in [4.78, 5) is 0.